The van der Waals surface area contributed by atoms with Crippen LogP contribution in [0.5, 0.6) is 0 Å². The topological polar surface area (TPSA) is 86.8 Å². The van der Waals surface area contributed by atoms with Gasteiger partial charge in [0.05, 0.1) is 10.6 Å². The van der Waals surface area contributed by atoms with Crippen molar-refractivity contribution in [2.75, 3.05) is 17.4 Å². The van der Waals surface area contributed by atoms with Crippen LogP contribution in [0.2, 0.25) is 0 Å². The van der Waals surface area contributed by atoms with Crippen LogP contribution in [-0.2, 0) is 26.2 Å². The van der Waals surface area contributed by atoms with E-state index in [-0.39, 0.29) is 17.3 Å². The van der Waals surface area contributed by atoms with E-state index in [1.54, 1.807) is 49.4 Å². The van der Waals surface area contributed by atoms with Crippen LogP contribution in [0.4, 0.5) is 5.69 Å². The maximum Gasteiger partial charge on any atom is 0.264 e. The van der Waals surface area contributed by atoms with Crippen molar-refractivity contribution in [3.63, 3.8) is 0 Å². The molecule has 0 bridgehead atoms. The van der Waals surface area contributed by atoms with Crippen molar-refractivity contribution in [3.8, 4) is 0 Å². The minimum absolute atomic E-state index is 0.0672. The second kappa shape index (κ2) is 13.9. The van der Waals surface area contributed by atoms with Crippen LogP contribution in [0.1, 0.15) is 32.3 Å². The Bertz CT molecular complexity index is 1340. The quantitative estimate of drug-likeness (QED) is 0.250. The maximum absolute atomic E-state index is 13.9. The van der Waals surface area contributed by atoms with E-state index >= 15 is 0 Å². The molecule has 0 aliphatic rings. The van der Waals surface area contributed by atoms with Gasteiger partial charge in [-0.2, -0.15) is 0 Å². The number of hydrogen-bond donors (Lipinski definition) is 1. The fraction of sp³-hybridized carbons (Fsp3) is 0.286. The summed E-state index contributed by atoms with van der Waals surface area (Å²) in [4.78, 5) is 28.3. The van der Waals surface area contributed by atoms with E-state index in [0.717, 1.165) is 27.2 Å². The number of carbonyl (C=O) groups excluding carboxylic acids is 2. The van der Waals surface area contributed by atoms with Crippen molar-refractivity contribution in [1.29, 1.82) is 0 Å². The van der Waals surface area contributed by atoms with Crippen molar-refractivity contribution in [3.05, 3.63) is 93.4 Å². The second-order valence-corrected chi connectivity index (χ2v) is 12.5. The van der Waals surface area contributed by atoms with E-state index in [9.17, 15) is 18.0 Å². The number of halogens is 2. The number of nitrogens with zero attached hydrogens (tertiary/aromatic N) is 2. The van der Waals surface area contributed by atoms with Gasteiger partial charge in [0.15, 0.2) is 0 Å². The molecule has 1 N–H and O–H groups in total. The van der Waals surface area contributed by atoms with E-state index in [4.69, 9.17) is 0 Å². The van der Waals surface area contributed by atoms with Crippen molar-refractivity contribution >= 4 is 59.4 Å². The molecule has 0 saturated carbocycles. The number of anilines is 1. The molecule has 0 heterocycles. The molecule has 3 aromatic carbocycles. The molecule has 0 aliphatic carbocycles. The first-order chi connectivity index (χ1) is 18.1. The number of benzene rings is 3. The third kappa shape index (κ3) is 7.91. The first kappa shape index (κ1) is 29.9. The summed E-state index contributed by atoms with van der Waals surface area (Å²) in [6, 6.07) is 21.4. The minimum Gasteiger partial charge on any atom is -0.354 e. The fourth-order valence-corrected chi connectivity index (χ4v) is 5.86. The van der Waals surface area contributed by atoms with Crippen molar-refractivity contribution < 1.29 is 18.0 Å². The Hall–Kier alpha value is -2.69. The smallest absolute Gasteiger partial charge is 0.264 e. The van der Waals surface area contributed by atoms with Crippen LogP contribution in [0, 0.1) is 0 Å². The summed E-state index contributed by atoms with van der Waals surface area (Å²) in [6.45, 7) is 3.87. The van der Waals surface area contributed by atoms with Gasteiger partial charge in [0, 0.05) is 22.0 Å². The molecule has 10 heteroatoms. The van der Waals surface area contributed by atoms with E-state index < -0.39 is 28.5 Å². The molecule has 3 aromatic rings. The molecule has 0 fully saturated rings. The molecule has 202 valence electrons. The van der Waals surface area contributed by atoms with E-state index in [1.807, 2.05) is 31.2 Å². The van der Waals surface area contributed by atoms with Crippen LogP contribution in [0.25, 0.3) is 0 Å². The highest BCUT2D eigenvalue weighted by molar-refractivity contribution is 9.10. The SMILES string of the molecule is CCCCNC(=O)C(C)N(Cc1ccc(Br)cc1)C(=O)CN(c1cccc(Br)c1)S(=O)(=O)c1ccccc1. The first-order valence-electron chi connectivity index (χ1n) is 12.3. The predicted molar refractivity (Wildman–Crippen MR) is 157 cm³/mol. The van der Waals surface area contributed by atoms with E-state index in [0.29, 0.717) is 16.7 Å². The molecular formula is C28H31Br2N3O4S. The normalized spacial score (nSPS) is 12.0. The highest BCUT2D eigenvalue weighted by Gasteiger charge is 2.32. The molecule has 0 radical (unpaired) electrons. The molecule has 0 aliphatic heterocycles. The summed E-state index contributed by atoms with van der Waals surface area (Å²) in [5.74, 6) is -0.783. The Balaban J connectivity index is 1.98. The first-order valence-corrected chi connectivity index (χ1v) is 15.3. The molecule has 1 atom stereocenters. The van der Waals surface area contributed by atoms with Crippen LogP contribution >= 0.6 is 31.9 Å². The van der Waals surface area contributed by atoms with Gasteiger partial charge in [0.25, 0.3) is 10.0 Å². The third-order valence-electron chi connectivity index (χ3n) is 5.97. The Morgan fingerprint density at radius 3 is 2.24 bits per heavy atom. The summed E-state index contributed by atoms with van der Waals surface area (Å²) >= 11 is 6.81. The lowest BCUT2D eigenvalue weighted by atomic mass is 10.1. The Morgan fingerprint density at radius 2 is 1.61 bits per heavy atom. The lowest BCUT2D eigenvalue weighted by Crippen LogP contribution is -2.51. The van der Waals surface area contributed by atoms with E-state index in [2.05, 4.69) is 37.2 Å². The third-order valence-corrected chi connectivity index (χ3v) is 8.78. The number of amides is 2. The summed E-state index contributed by atoms with van der Waals surface area (Å²) in [5.41, 5.74) is 1.15. The van der Waals surface area contributed by atoms with Crippen LogP contribution in [0.15, 0.2) is 92.7 Å². The zero-order valence-electron chi connectivity index (χ0n) is 21.3. The molecule has 0 spiro atoms. The van der Waals surface area contributed by atoms with Gasteiger partial charge in [-0.05, 0) is 61.4 Å². The predicted octanol–water partition coefficient (Wildman–Crippen LogP) is 5.74. The van der Waals surface area contributed by atoms with Crippen LogP contribution < -0.4 is 9.62 Å². The monoisotopic (exact) mass is 663 g/mol. The molecule has 3 rings (SSSR count). The standard InChI is InChI=1S/C28H31Br2N3O4S/c1-3-4-17-31-28(35)21(2)32(19-22-13-15-23(29)16-14-22)27(34)20-33(25-10-8-9-24(30)18-25)38(36,37)26-11-6-5-7-12-26/h5-16,18,21H,3-4,17,19-20H2,1-2H3,(H,31,35). The molecule has 2 amide bonds. The zero-order chi connectivity index (χ0) is 27.7. The lowest BCUT2D eigenvalue weighted by molar-refractivity contribution is -0.139. The van der Waals surface area contributed by atoms with Gasteiger partial charge >= 0.3 is 0 Å². The molecular weight excluding hydrogens is 634 g/mol. The average Bonchev–Trinajstić information content (AvgIpc) is 2.91. The van der Waals surface area contributed by atoms with Gasteiger partial charge in [-0.3, -0.25) is 13.9 Å². The highest BCUT2D eigenvalue weighted by Crippen LogP contribution is 2.27. The Kier molecular flexibility index (Phi) is 10.9. The number of nitrogens with one attached hydrogen (secondary N) is 1. The number of sulfonamides is 1. The van der Waals surface area contributed by atoms with Gasteiger partial charge in [-0.15, -0.1) is 0 Å². The molecule has 1 unspecified atom stereocenters. The minimum atomic E-state index is -4.08. The average molecular weight is 665 g/mol. The van der Waals surface area contributed by atoms with Crippen molar-refractivity contribution in [2.24, 2.45) is 0 Å². The number of unbranched alkanes of at least 4 members (excludes halogenated alkanes) is 1. The molecule has 0 aromatic heterocycles. The van der Waals surface area contributed by atoms with Gasteiger partial charge in [0.2, 0.25) is 11.8 Å². The summed E-state index contributed by atoms with van der Waals surface area (Å²) in [6.07, 6.45) is 1.75. The van der Waals surface area contributed by atoms with Crippen molar-refractivity contribution in [2.45, 2.75) is 44.2 Å². The molecule has 0 saturated heterocycles. The van der Waals surface area contributed by atoms with Crippen LogP contribution in [0.3, 0.4) is 0 Å². The van der Waals surface area contributed by atoms with Gasteiger partial charge < -0.3 is 10.2 Å². The summed E-state index contributed by atoms with van der Waals surface area (Å²) in [7, 11) is -4.08. The summed E-state index contributed by atoms with van der Waals surface area (Å²) < 4.78 is 30.1. The number of carbonyl (C=O) groups is 2. The van der Waals surface area contributed by atoms with Gasteiger partial charge in [0.1, 0.15) is 12.6 Å². The zero-order valence-corrected chi connectivity index (χ0v) is 25.3. The van der Waals surface area contributed by atoms with E-state index in [1.165, 1.54) is 17.0 Å². The number of rotatable bonds is 12. The Labute approximate surface area is 241 Å². The maximum atomic E-state index is 13.9. The van der Waals surface area contributed by atoms with Crippen molar-refractivity contribution in [1.82, 2.24) is 10.2 Å². The molecule has 38 heavy (non-hydrogen) atoms. The van der Waals surface area contributed by atoms with Crippen LogP contribution in [-0.4, -0.2) is 44.3 Å². The van der Waals surface area contributed by atoms with Gasteiger partial charge in [-0.1, -0.05) is 81.6 Å². The lowest BCUT2D eigenvalue weighted by Gasteiger charge is -2.32. The Morgan fingerprint density at radius 1 is 0.921 bits per heavy atom. The number of hydrogen-bond acceptors (Lipinski definition) is 4. The molecule has 7 nitrogen and oxygen atoms in total. The highest BCUT2D eigenvalue weighted by atomic mass is 79.9. The summed E-state index contributed by atoms with van der Waals surface area (Å²) in [5, 5.41) is 2.88. The van der Waals surface area contributed by atoms with Gasteiger partial charge in [-0.25, -0.2) is 8.42 Å². The second-order valence-electron chi connectivity index (χ2n) is 8.77. The fourth-order valence-electron chi connectivity index (χ4n) is 3.78. The largest absolute Gasteiger partial charge is 0.354 e.